The van der Waals surface area contributed by atoms with Crippen molar-refractivity contribution in [1.29, 1.82) is 0 Å². The normalized spacial score (nSPS) is 17.5. The molecule has 0 spiro atoms. The molecular weight excluding hydrogens is 323 g/mol. The zero-order chi connectivity index (χ0) is 15.5. The molecule has 0 aliphatic carbocycles. The van der Waals surface area contributed by atoms with Crippen LogP contribution in [0, 0.1) is 5.82 Å². The Kier molecular flexibility index (Phi) is 4.55. The molecule has 1 atom stereocenters. The molecule has 1 fully saturated rings. The summed E-state index contributed by atoms with van der Waals surface area (Å²) in [5.74, 6) is 0.532. The summed E-state index contributed by atoms with van der Waals surface area (Å²) < 4.78 is 13.4. The summed E-state index contributed by atoms with van der Waals surface area (Å²) in [6.07, 6.45) is 0. The fourth-order valence-corrected chi connectivity index (χ4v) is 3.81. The molecule has 2 amide bonds. The molecule has 1 saturated heterocycles. The van der Waals surface area contributed by atoms with E-state index in [2.05, 4.69) is 5.32 Å². The zero-order valence-corrected chi connectivity index (χ0v) is 13.2. The highest BCUT2D eigenvalue weighted by atomic mass is 35.5. The quantitative estimate of drug-likeness (QED) is 0.857. The molecule has 1 aliphatic rings. The van der Waals surface area contributed by atoms with E-state index in [4.69, 9.17) is 11.6 Å². The molecule has 2 aromatic rings. The number of benzene rings is 2. The van der Waals surface area contributed by atoms with E-state index in [0.29, 0.717) is 17.3 Å². The van der Waals surface area contributed by atoms with Crippen molar-refractivity contribution in [2.45, 2.75) is 5.37 Å². The monoisotopic (exact) mass is 336 g/mol. The van der Waals surface area contributed by atoms with E-state index < -0.39 is 0 Å². The number of nitrogens with one attached hydrogen (secondary N) is 1. The third-order valence-electron chi connectivity index (χ3n) is 3.36. The number of thioether (sulfide) groups is 1. The molecule has 0 bridgehead atoms. The van der Waals surface area contributed by atoms with Gasteiger partial charge in [-0.1, -0.05) is 29.8 Å². The number of hydrogen-bond acceptors (Lipinski definition) is 2. The number of halogens is 2. The Morgan fingerprint density at radius 2 is 2.09 bits per heavy atom. The van der Waals surface area contributed by atoms with Crippen molar-refractivity contribution in [1.82, 2.24) is 4.90 Å². The van der Waals surface area contributed by atoms with Crippen LogP contribution in [-0.4, -0.2) is 23.2 Å². The van der Waals surface area contributed by atoms with Gasteiger partial charge in [0.1, 0.15) is 11.2 Å². The fraction of sp³-hybridized carbons (Fsp3) is 0.188. The van der Waals surface area contributed by atoms with Gasteiger partial charge in [-0.3, -0.25) is 0 Å². The number of nitrogens with zero attached hydrogens (tertiary/aromatic N) is 1. The van der Waals surface area contributed by atoms with Gasteiger partial charge >= 0.3 is 6.03 Å². The van der Waals surface area contributed by atoms with Crippen LogP contribution in [-0.2, 0) is 0 Å². The molecule has 1 heterocycles. The van der Waals surface area contributed by atoms with E-state index in [9.17, 15) is 9.18 Å². The van der Waals surface area contributed by atoms with Crippen LogP contribution >= 0.6 is 23.4 Å². The van der Waals surface area contributed by atoms with Crippen molar-refractivity contribution in [2.75, 3.05) is 17.6 Å². The number of carbonyl (C=O) groups excluding carboxylic acids is 1. The van der Waals surface area contributed by atoms with Gasteiger partial charge in [-0.15, -0.1) is 11.8 Å². The van der Waals surface area contributed by atoms with E-state index in [0.717, 1.165) is 11.3 Å². The molecule has 0 radical (unpaired) electrons. The number of hydrogen-bond donors (Lipinski definition) is 1. The van der Waals surface area contributed by atoms with E-state index in [1.54, 1.807) is 47.0 Å². The van der Waals surface area contributed by atoms with Gasteiger partial charge in [-0.2, -0.15) is 0 Å². The first kappa shape index (κ1) is 15.2. The SMILES string of the molecule is O=C(Nc1cccc(Cl)c1)N1CCS[C@H]1c1cccc(F)c1. The van der Waals surface area contributed by atoms with Crippen LogP contribution in [0.15, 0.2) is 48.5 Å². The lowest BCUT2D eigenvalue weighted by molar-refractivity contribution is 0.214. The van der Waals surface area contributed by atoms with Crippen LogP contribution in [0.25, 0.3) is 0 Å². The third-order valence-corrected chi connectivity index (χ3v) is 4.86. The molecule has 1 N–H and O–H groups in total. The first-order chi connectivity index (χ1) is 10.6. The Morgan fingerprint density at radius 1 is 1.27 bits per heavy atom. The number of amides is 2. The van der Waals surface area contributed by atoms with Gasteiger partial charge in [0.2, 0.25) is 0 Å². The van der Waals surface area contributed by atoms with Crippen molar-refractivity contribution in [2.24, 2.45) is 0 Å². The van der Waals surface area contributed by atoms with Crippen LogP contribution in [0.5, 0.6) is 0 Å². The van der Waals surface area contributed by atoms with E-state index in [1.165, 1.54) is 12.1 Å². The molecule has 114 valence electrons. The van der Waals surface area contributed by atoms with Gasteiger partial charge in [0.25, 0.3) is 0 Å². The van der Waals surface area contributed by atoms with Crippen molar-refractivity contribution in [3.63, 3.8) is 0 Å². The maximum Gasteiger partial charge on any atom is 0.323 e. The molecule has 0 saturated carbocycles. The predicted molar refractivity (Wildman–Crippen MR) is 88.8 cm³/mol. The fourth-order valence-electron chi connectivity index (χ4n) is 2.38. The third kappa shape index (κ3) is 3.36. The summed E-state index contributed by atoms with van der Waals surface area (Å²) in [7, 11) is 0. The Morgan fingerprint density at radius 3 is 2.86 bits per heavy atom. The summed E-state index contributed by atoms with van der Waals surface area (Å²) in [4.78, 5) is 14.2. The van der Waals surface area contributed by atoms with Crippen molar-refractivity contribution in [3.8, 4) is 0 Å². The summed E-state index contributed by atoms with van der Waals surface area (Å²) in [5, 5.41) is 3.23. The van der Waals surface area contributed by atoms with Crippen molar-refractivity contribution in [3.05, 3.63) is 64.9 Å². The Hall–Kier alpha value is -1.72. The van der Waals surface area contributed by atoms with Gasteiger partial charge in [0, 0.05) is 23.0 Å². The van der Waals surface area contributed by atoms with Crippen LogP contribution < -0.4 is 5.32 Å². The maximum atomic E-state index is 13.4. The highest BCUT2D eigenvalue weighted by molar-refractivity contribution is 7.99. The highest BCUT2D eigenvalue weighted by Crippen LogP contribution is 2.38. The van der Waals surface area contributed by atoms with Gasteiger partial charge in [-0.05, 0) is 35.9 Å². The Labute approximate surface area is 137 Å². The maximum absolute atomic E-state index is 13.4. The minimum absolute atomic E-state index is 0.171. The zero-order valence-electron chi connectivity index (χ0n) is 11.6. The average Bonchev–Trinajstić information content (AvgIpc) is 2.97. The van der Waals surface area contributed by atoms with Gasteiger partial charge in [0.05, 0.1) is 0 Å². The lowest BCUT2D eigenvalue weighted by Crippen LogP contribution is -2.34. The molecule has 6 heteroatoms. The van der Waals surface area contributed by atoms with Crippen molar-refractivity contribution >= 4 is 35.1 Å². The van der Waals surface area contributed by atoms with Gasteiger partial charge in [-0.25, -0.2) is 9.18 Å². The second-order valence-corrected chi connectivity index (χ2v) is 6.54. The lowest BCUT2D eigenvalue weighted by Gasteiger charge is -2.24. The van der Waals surface area contributed by atoms with Gasteiger partial charge < -0.3 is 10.2 Å². The summed E-state index contributed by atoms with van der Waals surface area (Å²) in [5.41, 5.74) is 1.44. The standard InChI is InChI=1S/C16H14ClFN2OS/c17-12-4-2-6-14(10-12)19-16(21)20-7-8-22-15(20)11-3-1-5-13(18)9-11/h1-6,9-10,15H,7-8H2,(H,19,21)/t15-/m0/s1. The van der Waals surface area contributed by atoms with Gasteiger partial charge in [0.15, 0.2) is 0 Å². The molecule has 2 aromatic carbocycles. The second kappa shape index (κ2) is 6.58. The van der Waals surface area contributed by atoms with E-state index in [-0.39, 0.29) is 17.2 Å². The first-order valence-corrected chi connectivity index (χ1v) is 8.26. The topological polar surface area (TPSA) is 32.3 Å². The summed E-state index contributed by atoms with van der Waals surface area (Å²) in [6, 6.07) is 13.2. The molecule has 22 heavy (non-hydrogen) atoms. The van der Waals surface area contributed by atoms with Crippen LogP contribution in [0.1, 0.15) is 10.9 Å². The summed E-state index contributed by atoms with van der Waals surface area (Å²) in [6.45, 7) is 0.623. The average molecular weight is 337 g/mol. The largest absolute Gasteiger partial charge is 0.323 e. The molecule has 3 rings (SSSR count). The van der Waals surface area contributed by atoms with E-state index >= 15 is 0 Å². The Bertz CT molecular complexity index is 697. The highest BCUT2D eigenvalue weighted by Gasteiger charge is 2.30. The minimum Gasteiger partial charge on any atom is -0.308 e. The van der Waals surface area contributed by atoms with Crippen LogP contribution in [0.3, 0.4) is 0 Å². The van der Waals surface area contributed by atoms with Crippen LogP contribution in [0.4, 0.5) is 14.9 Å². The molecule has 3 nitrogen and oxygen atoms in total. The number of rotatable bonds is 2. The minimum atomic E-state index is -0.291. The Balaban J connectivity index is 1.76. The molecular formula is C16H14ClFN2OS. The molecule has 0 aromatic heterocycles. The number of carbonyl (C=O) groups is 1. The summed E-state index contributed by atoms with van der Waals surface area (Å²) >= 11 is 7.55. The predicted octanol–water partition coefficient (Wildman–Crippen LogP) is 4.76. The molecule has 1 aliphatic heterocycles. The lowest BCUT2D eigenvalue weighted by atomic mass is 10.2. The second-order valence-electron chi connectivity index (χ2n) is 4.91. The van der Waals surface area contributed by atoms with Crippen LogP contribution in [0.2, 0.25) is 5.02 Å². The number of urea groups is 1. The van der Waals surface area contributed by atoms with Crippen molar-refractivity contribution < 1.29 is 9.18 Å². The molecule has 0 unspecified atom stereocenters. The van der Waals surface area contributed by atoms with E-state index in [1.807, 2.05) is 6.07 Å². The number of anilines is 1. The smallest absolute Gasteiger partial charge is 0.308 e. The first-order valence-electron chi connectivity index (χ1n) is 6.84.